The number of rotatable bonds is 3. The lowest BCUT2D eigenvalue weighted by molar-refractivity contribution is 0.0433. The molecule has 122 valence electrons. The summed E-state index contributed by atoms with van der Waals surface area (Å²) >= 11 is 0. The summed E-state index contributed by atoms with van der Waals surface area (Å²) in [6, 6.07) is 8.19. The van der Waals surface area contributed by atoms with Gasteiger partial charge in [0.05, 0.1) is 19.4 Å². The van der Waals surface area contributed by atoms with Gasteiger partial charge in [0.25, 0.3) is 0 Å². The van der Waals surface area contributed by atoms with Crippen molar-refractivity contribution in [2.24, 2.45) is 0 Å². The molecule has 5 nitrogen and oxygen atoms in total. The minimum atomic E-state index is 0.0443. The molecule has 1 aromatic heterocycles. The monoisotopic (exact) mass is 314 g/mol. The van der Waals surface area contributed by atoms with E-state index in [9.17, 15) is 4.79 Å². The van der Waals surface area contributed by atoms with E-state index in [1.165, 1.54) is 19.3 Å². The standard InChI is InChI=1S/C18H22N2O3/c21-18(19-14-6-2-1-3-7-14)20-11-15(12-20)23-16-8-4-5-13-9-10-22-17(13)16/h4-5,8-10,14-15H,1-3,6-7,11-12H2,(H,19,21). The molecule has 1 N–H and O–H groups in total. The van der Waals surface area contributed by atoms with Crippen molar-refractivity contribution in [2.45, 2.75) is 44.2 Å². The molecule has 2 fully saturated rings. The lowest BCUT2D eigenvalue weighted by atomic mass is 9.95. The molecule has 2 aliphatic rings. The quantitative estimate of drug-likeness (QED) is 0.943. The van der Waals surface area contributed by atoms with E-state index in [1.807, 2.05) is 29.2 Å². The molecule has 2 heterocycles. The summed E-state index contributed by atoms with van der Waals surface area (Å²) in [5, 5.41) is 4.18. The van der Waals surface area contributed by atoms with Crippen molar-refractivity contribution in [3.8, 4) is 5.75 Å². The van der Waals surface area contributed by atoms with E-state index in [1.54, 1.807) is 6.26 Å². The van der Waals surface area contributed by atoms with Crippen molar-refractivity contribution >= 4 is 17.0 Å². The molecule has 0 bridgehead atoms. The number of nitrogens with zero attached hydrogens (tertiary/aromatic N) is 1. The number of hydrogen-bond donors (Lipinski definition) is 1. The second kappa shape index (κ2) is 6.14. The zero-order valence-corrected chi connectivity index (χ0v) is 13.2. The van der Waals surface area contributed by atoms with Crippen LogP contribution in [0.5, 0.6) is 5.75 Å². The van der Waals surface area contributed by atoms with Gasteiger partial charge in [-0.25, -0.2) is 4.79 Å². The Morgan fingerprint density at radius 1 is 1.17 bits per heavy atom. The van der Waals surface area contributed by atoms with Crippen molar-refractivity contribution in [3.05, 3.63) is 30.5 Å². The normalized spacial score (nSPS) is 19.6. The maximum Gasteiger partial charge on any atom is 0.317 e. The minimum Gasteiger partial charge on any atom is -0.483 e. The van der Waals surface area contributed by atoms with Gasteiger partial charge in [0, 0.05) is 11.4 Å². The first-order valence-corrected chi connectivity index (χ1v) is 8.48. The van der Waals surface area contributed by atoms with Crippen molar-refractivity contribution < 1.29 is 13.9 Å². The first-order chi connectivity index (χ1) is 11.3. The second-order valence-corrected chi connectivity index (χ2v) is 6.52. The van der Waals surface area contributed by atoms with Crippen LogP contribution in [0.15, 0.2) is 34.9 Å². The number of likely N-dealkylation sites (tertiary alicyclic amines) is 1. The van der Waals surface area contributed by atoms with Gasteiger partial charge < -0.3 is 19.4 Å². The molecule has 4 rings (SSSR count). The van der Waals surface area contributed by atoms with E-state index >= 15 is 0 Å². The fourth-order valence-electron chi connectivity index (χ4n) is 3.43. The van der Waals surface area contributed by atoms with Crippen LogP contribution in [-0.4, -0.2) is 36.2 Å². The van der Waals surface area contributed by atoms with Crippen molar-refractivity contribution in [1.82, 2.24) is 10.2 Å². The highest BCUT2D eigenvalue weighted by Crippen LogP contribution is 2.28. The van der Waals surface area contributed by atoms with Gasteiger partial charge in [0.2, 0.25) is 0 Å². The minimum absolute atomic E-state index is 0.0443. The molecule has 1 aliphatic carbocycles. The predicted molar refractivity (Wildman–Crippen MR) is 87.6 cm³/mol. The van der Waals surface area contributed by atoms with Crippen molar-refractivity contribution in [1.29, 1.82) is 0 Å². The zero-order chi connectivity index (χ0) is 15.6. The maximum absolute atomic E-state index is 12.2. The van der Waals surface area contributed by atoms with Crippen LogP contribution >= 0.6 is 0 Å². The number of carbonyl (C=O) groups excluding carboxylic acids is 1. The third-order valence-corrected chi connectivity index (χ3v) is 4.80. The molecule has 1 saturated carbocycles. The Morgan fingerprint density at radius 2 is 2.00 bits per heavy atom. The van der Waals surface area contributed by atoms with Gasteiger partial charge in [0.1, 0.15) is 6.10 Å². The van der Waals surface area contributed by atoms with Crippen molar-refractivity contribution in [2.75, 3.05) is 13.1 Å². The molecule has 5 heteroatoms. The van der Waals surface area contributed by atoms with Crippen LogP contribution in [0.1, 0.15) is 32.1 Å². The van der Waals surface area contributed by atoms with Crippen LogP contribution in [0.25, 0.3) is 11.0 Å². The third-order valence-electron chi connectivity index (χ3n) is 4.80. The molecule has 0 atom stereocenters. The van der Waals surface area contributed by atoms with Gasteiger partial charge in [-0.3, -0.25) is 0 Å². The summed E-state index contributed by atoms with van der Waals surface area (Å²) in [5.41, 5.74) is 0.776. The smallest absolute Gasteiger partial charge is 0.317 e. The lowest BCUT2D eigenvalue weighted by Crippen LogP contribution is -2.60. The fraction of sp³-hybridized carbons (Fsp3) is 0.500. The van der Waals surface area contributed by atoms with Gasteiger partial charge in [-0.2, -0.15) is 0 Å². The Morgan fingerprint density at radius 3 is 2.83 bits per heavy atom. The third kappa shape index (κ3) is 3.00. The zero-order valence-electron chi connectivity index (χ0n) is 13.2. The number of ether oxygens (including phenoxy) is 1. The number of nitrogens with one attached hydrogen (secondary N) is 1. The Balaban J connectivity index is 1.29. The number of urea groups is 1. The second-order valence-electron chi connectivity index (χ2n) is 6.52. The molecule has 1 aliphatic heterocycles. The first kappa shape index (κ1) is 14.4. The fourth-order valence-corrected chi connectivity index (χ4v) is 3.43. The number of para-hydroxylation sites is 1. The summed E-state index contributed by atoms with van der Waals surface area (Å²) in [5.74, 6) is 0.754. The topological polar surface area (TPSA) is 54.7 Å². The van der Waals surface area contributed by atoms with Crippen LogP contribution in [0.3, 0.4) is 0 Å². The highest BCUT2D eigenvalue weighted by Gasteiger charge is 2.33. The summed E-state index contributed by atoms with van der Waals surface area (Å²) in [6.45, 7) is 1.27. The van der Waals surface area contributed by atoms with Crippen LogP contribution in [0, 0.1) is 0 Å². The summed E-state index contributed by atoms with van der Waals surface area (Å²) in [6.07, 6.45) is 7.68. The molecular weight excluding hydrogens is 292 g/mol. The molecule has 1 saturated heterocycles. The Labute approximate surface area is 135 Å². The lowest BCUT2D eigenvalue weighted by Gasteiger charge is -2.39. The average Bonchev–Trinajstić information content (AvgIpc) is 3.00. The van der Waals surface area contributed by atoms with Crippen LogP contribution in [-0.2, 0) is 0 Å². The highest BCUT2D eigenvalue weighted by molar-refractivity contribution is 5.83. The molecule has 0 radical (unpaired) electrons. The van der Waals surface area contributed by atoms with Crippen LogP contribution < -0.4 is 10.1 Å². The summed E-state index contributed by atoms with van der Waals surface area (Å²) in [7, 11) is 0. The van der Waals surface area contributed by atoms with Crippen LogP contribution in [0.4, 0.5) is 4.79 Å². The van der Waals surface area contributed by atoms with Gasteiger partial charge in [-0.1, -0.05) is 31.4 Å². The number of fused-ring (bicyclic) bond motifs is 1. The molecular formula is C18H22N2O3. The first-order valence-electron chi connectivity index (χ1n) is 8.48. The van der Waals surface area contributed by atoms with E-state index < -0.39 is 0 Å². The Hall–Kier alpha value is -2.17. The SMILES string of the molecule is O=C(NC1CCCCC1)N1CC(Oc2cccc3ccoc23)C1. The maximum atomic E-state index is 12.2. The number of hydrogen-bond acceptors (Lipinski definition) is 3. The van der Waals surface area contributed by atoms with Crippen molar-refractivity contribution in [3.63, 3.8) is 0 Å². The molecule has 0 unspecified atom stereocenters. The highest BCUT2D eigenvalue weighted by atomic mass is 16.5. The summed E-state index contributed by atoms with van der Waals surface area (Å²) in [4.78, 5) is 14.0. The molecule has 0 spiro atoms. The summed E-state index contributed by atoms with van der Waals surface area (Å²) < 4.78 is 11.5. The van der Waals surface area contributed by atoms with E-state index in [0.29, 0.717) is 19.1 Å². The predicted octanol–water partition coefficient (Wildman–Crippen LogP) is 3.54. The largest absolute Gasteiger partial charge is 0.483 e. The number of furan rings is 1. The average molecular weight is 314 g/mol. The van der Waals surface area contributed by atoms with Gasteiger partial charge >= 0.3 is 6.03 Å². The van der Waals surface area contributed by atoms with Gasteiger partial charge in [-0.05, 0) is 25.0 Å². The van der Waals surface area contributed by atoms with E-state index in [-0.39, 0.29) is 12.1 Å². The number of carbonyl (C=O) groups is 1. The Kier molecular flexibility index (Phi) is 3.85. The van der Waals surface area contributed by atoms with E-state index in [4.69, 9.17) is 9.15 Å². The van der Waals surface area contributed by atoms with Gasteiger partial charge in [0.15, 0.2) is 11.3 Å². The molecule has 2 aromatic rings. The molecule has 23 heavy (non-hydrogen) atoms. The van der Waals surface area contributed by atoms with E-state index in [0.717, 1.165) is 29.6 Å². The number of amides is 2. The molecule has 1 aromatic carbocycles. The molecule has 2 amide bonds. The van der Waals surface area contributed by atoms with Crippen LogP contribution in [0.2, 0.25) is 0 Å². The van der Waals surface area contributed by atoms with E-state index in [2.05, 4.69) is 5.32 Å². The number of benzene rings is 1. The Bertz CT molecular complexity index is 684. The van der Waals surface area contributed by atoms with Gasteiger partial charge in [-0.15, -0.1) is 0 Å².